The van der Waals surface area contributed by atoms with Crippen molar-refractivity contribution >= 4 is 17.1 Å². The molecule has 178 valence electrons. The number of imidazole rings is 1. The van der Waals surface area contributed by atoms with Gasteiger partial charge < -0.3 is 18.6 Å². The zero-order valence-electron chi connectivity index (χ0n) is 19.8. The van der Waals surface area contributed by atoms with Gasteiger partial charge in [-0.25, -0.2) is 19.9 Å². The fourth-order valence-electron chi connectivity index (χ4n) is 4.52. The van der Waals surface area contributed by atoms with Crippen molar-refractivity contribution < 1.29 is 9.15 Å². The molecule has 5 aromatic rings. The Morgan fingerprint density at radius 1 is 1.17 bits per heavy atom. The standard InChI is InChI=1S/C24H25N9O2/c1-4-33-15(2)17(12-28-33)21-30-20-22(31(21)3)26-14-27-23(20)35-16-8-10-32(13-16)24-25-9-7-18(29-24)19-6-5-11-34-19/h5-7,9,11-12,14,16H,4,8,10,13H2,1-3H3/t16-/m0/s1. The normalized spacial score (nSPS) is 15.9. The summed E-state index contributed by atoms with van der Waals surface area (Å²) in [5.41, 5.74) is 4.15. The lowest BCUT2D eigenvalue weighted by Crippen LogP contribution is -2.26. The van der Waals surface area contributed by atoms with E-state index in [1.54, 1.807) is 12.5 Å². The minimum atomic E-state index is -0.0704. The second kappa shape index (κ2) is 8.49. The Labute approximate surface area is 201 Å². The molecule has 1 saturated heterocycles. The molecule has 0 amide bonds. The molecule has 0 N–H and O–H groups in total. The molecule has 1 aliphatic rings. The first-order valence-electron chi connectivity index (χ1n) is 11.6. The monoisotopic (exact) mass is 471 g/mol. The first-order chi connectivity index (χ1) is 17.1. The summed E-state index contributed by atoms with van der Waals surface area (Å²) in [6.07, 6.45) is 7.51. The molecule has 5 aromatic heterocycles. The van der Waals surface area contributed by atoms with Crippen molar-refractivity contribution in [3.8, 4) is 28.7 Å². The number of aromatic nitrogens is 8. The first-order valence-corrected chi connectivity index (χ1v) is 11.6. The summed E-state index contributed by atoms with van der Waals surface area (Å²) in [6, 6.07) is 5.58. The van der Waals surface area contributed by atoms with Crippen molar-refractivity contribution in [2.24, 2.45) is 7.05 Å². The van der Waals surface area contributed by atoms with Gasteiger partial charge in [0.25, 0.3) is 0 Å². The van der Waals surface area contributed by atoms with Crippen molar-refractivity contribution in [3.63, 3.8) is 0 Å². The average Bonchev–Trinajstić information content (AvgIpc) is 3.68. The van der Waals surface area contributed by atoms with Crippen LogP contribution in [0.5, 0.6) is 5.88 Å². The van der Waals surface area contributed by atoms with Gasteiger partial charge in [0.1, 0.15) is 23.9 Å². The van der Waals surface area contributed by atoms with E-state index in [0.717, 1.165) is 53.7 Å². The molecule has 1 fully saturated rings. The van der Waals surface area contributed by atoms with Gasteiger partial charge in [-0.05, 0) is 32.0 Å². The van der Waals surface area contributed by atoms with Crippen LogP contribution in [-0.4, -0.2) is 58.5 Å². The predicted molar refractivity (Wildman–Crippen MR) is 129 cm³/mol. The van der Waals surface area contributed by atoms with E-state index in [0.29, 0.717) is 23.9 Å². The zero-order valence-corrected chi connectivity index (χ0v) is 19.8. The Balaban J connectivity index is 1.24. The van der Waals surface area contributed by atoms with E-state index in [2.05, 4.69) is 36.9 Å². The highest BCUT2D eigenvalue weighted by Gasteiger charge is 2.28. The molecule has 0 saturated carbocycles. The smallest absolute Gasteiger partial charge is 0.245 e. The van der Waals surface area contributed by atoms with E-state index in [1.165, 1.54) is 6.33 Å². The molecule has 11 heteroatoms. The number of furan rings is 1. The maximum Gasteiger partial charge on any atom is 0.245 e. The van der Waals surface area contributed by atoms with Crippen molar-refractivity contribution in [2.75, 3.05) is 18.0 Å². The van der Waals surface area contributed by atoms with Crippen molar-refractivity contribution in [2.45, 2.75) is 32.9 Å². The number of aryl methyl sites for hydroxylation is 2. The molecule has 0 radical (unpaired) electrons. The largest absolute Gasteiger partial charge is 0.471 e. The zero-order chi connectivity index (χ0) is 23.9. The average molecular weight is 472 g/mol. The molecule has 0 unspecified atom stereocenters. The van der Waals surface area contributed by atoms with E-state index in [4.69, 9.17) is 14.1 Å². The predicted octanol–water partition coefficient (Wildman–Crippen LogP) is 3.26. The van der Waals surface area contributed by atoms with Gasteiger partial charge in [0.15, 0.2) is 16.9 Å². The second-order valence-electron chi connectivity index (χ2n) is 8.50. The van der Waals surface area contributed by atoms with Crippen LogP contribution in [0.1, 0.15) is 19.0 Å². The number of hydrogen-bond acceptors (Lipinski definition) is 9. The second-order valence-corrected chi connectivity index (χ2v) is 8.50. The van der Waals surface area contributed by atoms with Gasteiger partial charge in [0, 0.05) is 38.4 Å². The molecule has 11 nitrogen and oxygen atoms in total. The summed E-state index contributed by atoms with van der Waals surface area (Å²) >= 11 is 0. The number of fused-ring (bicyclic) bond motifs is 1. The van der Waals surface area contributed by atoms with Crippen LogP contribution in [0.4, 0.5) is 5.95 Å². The van der Waals surface area contributed by atoms with Crippen LogP contribution in [0.15, 0.2) is 47.6 Å². The van der Waals surface area contributed by atoms with Gasteiger partial charge in [-0.2, -0.15) is 10.1 Å². The first kappa shape index (κ1) is 21.3. The van der Waals surface area contributed by atoms with E-state index < -0.39 is 0 Å². The third-order valence-corrected chi connectivity index (χ3v) is 6.39. The molecule has 6 heterocycles. The summed E-state index contributed by atoms with van der Waals surface area (Å²) in [7, 11) is 1.95. The lowest BCUT2D eigenvalue weighted by Gasteiger charge is -2.17. The molecule has 0 aliphatic carbocycles. The molecule has 35 heavy (non-hydrogen) atoms. The van der Waals surface area contributed by atoms with Gasteiger partial charge in [-0.1, -0.05) is 0 Å². The van der Waals surface area contributed by atoms with Crippen LogP contribution < -0.4 is 9.64 Å². The lowest BCUT2D eigenvalue weighted by atomic mass is 10.2. The Kier molecular flexibility index (Phi) is 5.16. The number of nitrogens with zero attached hydrogens (tertiary/aromatic N) is 9. The SMILES string of the molecule is CCn1ncc(-c2nc3c(O[C@H]4CCN(c5nccc(-c6ccco6)n5)C4)ncnc3n2C)c1C. The van der Waals surface area contributed by atoms with Crippen LogP contribution in [0.2, 0.25) is 0 Å². The summed E-state index contributed by atoms with van der Waals surface area (Å²) in [5.74, 6) is 2.64. The van der Waals surface area contributed by atoms with Crippen LogP contribution >= 0.6 is 0 Å². The highest BCUT2D eigenvalue weighted by molar-refractivity contribution is 5.81. The molecule has 1 aliphatic heterocycles. The number of ether oxygens (including phenoxy) is 1. The summed E-state index contributed by atoms with van der Waals surface area (Å²) in [5, 5.41) is 4.46. The molecule has 0 bridgehead atoms. The van der Waals surface area contributed by atoms with Crippen molar-refractivity contribution in [1.82, 2.24) is 39.3 Å². The molecular formula is C24H25N9O2. The van der Waals surface area contributed by atoms with Gasteiger partial charge in [0.2, 0.25) is 11.8 Å². The third kappa shape index (κ3) is 3.69. The summed E-state index contributed by atoms with van der Waals surface area (Å²) in [4.78, 5) is 25.0. The van der Waals surface area contributed by atoms with Crippen molar-refractivity contribution in [1.29, 1.82) is 0 Å². The Morgan fingerprint density at radius 2 is 2.09 bits per heavy atom. The van der Waals surface area contributed by atoms with E-state index >= 15 is 0 Å². The van der Waals surface area contributed by atoms with E-state index in [-0.39, 0.29) is 6.10 Å². The molecular weight excluding hydrogens is 446 g/mol. The fourth-order valence-corrected chi connectivity index (χ4v) is 4.52. The quantitative estimate of drug-likeness (QED) is 0.368. The van der Waals surface area contributed by atoms with Crippen molar-refractivity contribution in [3.05, 3.63) is 48.9 Å². The van der Waals surface area contributed by atoms with Crippen LogP contribution in [0.3, 0.4) is 0 Å². The highest BCUT2D eigenvalue weighted by Crippen LogP contribution is 2.30. The Hall–Kier alpha value is -4.28. The van der Waals surface area contributed by atoms with Gasteiger partial charge in [-0.15, -0.1) is 0 Å². The van der Waals surface area contributed by atoms with E-state index in [9.17, 15) is 0 Å². The minimum absolute atomic E-state index is 0.0704. The number of hydrogen-bond donors (Lipinski definition) is 0. The van der Waals surface area contributed by atoms with Gasteiger partial charge in [0.05, 0.1) is 24.6 Å². The third-order valence-electron chi connectivity index (χ3n) is 6.39. The molecule has 0 spiro atoms. The summed E-state index contributed by atoms with van der Waals surface area (Å²) < 4.78 is 15.7. The molecule has 0 aromatic carbocycles. The maximum atomic E-state index is 6.34. The summed E-state index contributed by atoms with van der Waals surface area (Å²) in [6.45, 7) is 6.35. The van der Waals surface area contributed by atoms with Crippen LogP contribution in [0.25, 0.3) is 34.0 Å². The molecule has 6 rings (SSSR count). The van der Waals surface area contributed by atoms with Gasteiger partial charge in [-0.3, -0.25) is 4.68 Å². The Morgan fingerprint density at radius 3 is 2.89 bits per heavy atom. The van der Waals surface area contributed by atoms with E-state index in [1.807, 2.05) is 47.6 Å². The number of rotatable bonds is 6. The molecule has 1 atom stereocenters. The highest BCUT2D eigenvalue weighted by atomic mass is 16.5. The fraction of sp³-hybridized carbons (Fsp3) is 0.333. The lowest BCUT2D eigenvalue weighted by molar-refractivity contribution is 0.218. The van der Waals surface area contributed by atoms with Crippen LogP contribution in [-0.2, 0) is 13.6 Å². The number of anilines is 1. The topological polar surface area (TPSA) is 113 Å². The minimum Gasteiger partial charge on any atom is -0.471 e. The maximum absolute atomic E-state index is 6.34. The van der Waals surface area contributed by atoms with Gasteiger partial charge >= 0.3 is 0 Å². The van der Waals surface area contributed by atoms with Crippen LogP contribution in [0, 0.1) is 6.92 Å². The Bertz CT molecular complexity index is 1490.